The molecular weight excluding hydrogens is 257 g/mol. The predicted octanol–water partition coefficient (Wildman–Crippen LogP) is 2.85. The van der Waals surface area contributed by atoms with Crippen LogP contribution in [0.2, 0.25) is 0 Å². The lowest BCUT2D eigenvalue weighted by atomic mass is 10.2. The number of ether oxygens (including phenoxy) is 1. The third-order valence-corrected chi connectivity index (χ3v) is 3.18. The highest BCUT2D eigenvalue weighted by molar-refractivity contribution is 7.12. The van der Waals surface area contributed by atoms with Crippen LogP contribution in [0.5, 0.6) is 11.5 Å². The number of hydrogen-bond donors (Lipinski definition) is 2. The highest BCUT2D eigenvalue weighted by Crippen LogP contribution is 2.29. The van der Waals surface area contributed by atoms with E-state index < -0.39 is 11.7 Å². The van der Waals surface area contributed by atoms with E-state index in [1.54, 1.807) is 11.4 Å². The molecule has 2 aromatic rings. The summed E-state index contributed by atoms with van der Waals surface area (Å²) in [5.74, 6) is -1.13. The van der Waals surface area contributed by atoms with Crippen molar-refractivity contribution in [3.05, 3.63) is 40.3 Å². The molecule has 6 heteroatoms. The Bertz CT molecular complexity index is 562. The lowest BCUT2D eigenvalue weighted by Crippen LogP contribution is -2.12. The molecule has 0 unspecified atom stereocenters. The Morgan fingerprint density at radius 1 is 1.44 bits per heavy atom. The zero-order valence-electron chi connectivity index (χ0n) is 9.44. The lowest BCUT2D eigenvalue weighted by molar-refractivity contribution is 0.102. The van der Waals surface area contributed by atoms with Crippen molar-refractivity contribution in [1.82, 2.24) is 0 Å². The molecule has 2 rings (SSSR count). The van der Waals surface area contributed by atoms with Crippen LogP contribution in [0.25, 0.3) is 0 Å². The van der Waals surface area contributed by atoms with Gasteiger partial charge in [0.05, 0.1) is 7.11 Å². The number of aromatic hydroxyl groups is 1. The van der Waals surface area contributed by atoms with Gasteiger partial charge in [0, 0.05) is 0 Å². The summed E-state index contributed by atoms with van der Waals surface area (Å²) >= 11 is 1.17. The fraction of sp³-hybridized carbons (Fsp3) is 0.0833. The van der Waals surface area contributed by atoms with Gasteiger partial charge in [-0.15, -0.1) is 11.3 Å². The molecule has 1 heterocycles. The van der Waals surface area contributed by atoms with Gasteiger partial charge in [-0.2, -0.15) is 0 Å². The Balaban J connectivity index is 2.27. The van der Waals surface area contributed by atoms with Crippen LogP contribution in [0, 0.1) is 5.82 Å². The molecule has 0 aliphatic heterocycles. The fourth-order valence-corrected chi connectivity index (χ4v) is 2.18. The van der Waals surface area contributed by atoms with Gasteiger partial charge >= 0.3 is 0 Å². The lowest BCUT2D eigenvalue weighted by Gasteiger charge is -2.08. The first-order valence-electron chi connectivity index (χ1n) is 5.03. The summed E-state index contributed by atoms with van der Waals surface area (Å²) in [6.45, 7) is 0. The van der Waals surface area contributed by atoms with Crippen LogP contribution in [-0.4, -0.2) is 18.1 Å². The molecule has 1 amide bonds. The number of phenolic OH excluding ortho intramolecular Hbond substituents is 1. The largest absolute Gasteiger partial charge is 0.506 e. The second kappa shape index (κ2) is 5.05. The van der Waals surface area contributed by atoms with Crippen molar-refractivity contribution in [2.75, 3.05) is 12.4 Å². The summed E-state index contributed by atoms with van der Waals surface area (Å²) in [5.41, 5.74) is -0.238. The highest BCUT2D eigenvalue weighted by Gasteiger charge is 2.17. The molecule has 1 aromatic heterocycles. The van der Waals surface area contributed by atoms with Crippen molar-refractivity contribution >= 4 is 22.9 Å². The van der Waals surface area contributed by atoms with Crippen LogP contribution in [0.15, 0.2) is 29.6 Å². The number of anilines is 1. The number of carbonyl (C=O) groups is 1. The van der Waals surface area contributed by atoms with Gasteiger partial charge in [0.1, 0.15) is 22.1 Å². The maximum Gasteiger partial charge on any atom is 0.269 e. The van der Waals surface area contributed by atoms with Crippen molar-refractivity contribution in [2.45, 2.75) is 0 Å². The molecule has 4 nitrogen and oxygen atoms in total. The average Bonchev–Trinajstić information content (AvgIpc) is 2.82. The molecule has 0 aliphatic rings. The molecule has 1 aromatic carbocycles. The Kier molecular flexibility index (Phi) is 3.47. The molecule has 0 aliphatic carbocycles. The molecule has 94 valence electrons. The van der Waals surface area contributed by atoms with Gasteiger partial charge in [0.25, 0.3) is 5.91 Å². The van der Waals surface area contributed by atoms with E-state index in [0.717, 1.165) is 6.07 Å². The normalized spacial score (nSPS) is 10.1. The van der Waals surface area contributed by atoms with Crippen LogP contribution in [0.3, 0.4) is 0 Å². The average molecular weight is 267 g/mol. The quantitative estimate of drug-likeness (QED) is 0.841. The monoisotopic (exact) mass is 267 g/mol. The van der Waals surface area contributed by atoms with E-state index in [2.05, 4.69) is 5.32 Å². The standard InChI is InChI=1S/C12H10FNO3S/c1-17-9-5-6-18-11(9)12(16)14-10-7(13)3-2-4-8(10)15/h2-6,15H,1H3,(H,14,16). The summed E-state index contributed by atoms with van der Waals surface area (Å²) in [6, 6.07) is 5.44. The Hall–Kier alpha value is -2.08. The minimum atomic E-state index is -0.695. The molecule has 0 radical (unpaired) electrons. The number of thiophene rings is 1. The van der Waals surface area contributed by atoms with Gasteiger partial charge in [-0.1, -0.05) is 6.07 Å². The van der Waals surface area contributed by atoms with E-state index in [1.807, 2.05) is 0 Å². The zero-order valence-corrected chi connectivity index (χ0v) is 10.3. The topological polar surface area (TPSA) is 58.6 Å². The van der Waals surface area contributed by atoms with Crippen molar-refractivity contribution in [3.8, 4) is 11.5 Å². The number of para-hydroxylation sites is 1. The van der Waals surface area contributed by atoms with E-state index in [9.17, 15) is 14.3 Å². The van der Waals surface area contributed by atoms with Gasteiger partial charge in [0.2, 0.25) is 0 Å². The molecule has 0 bridgehead atoms. The van der Waals surface area contributed by atoms with Crippen molar-refractivity contribution < 1.29 is 19.0 Å². The summed E-state index contributed by atoms with van der Waals surface area (Å²) < 4.78 is 18.4. The summed E-state index contributed by atoms with van der Waals surface area (Å²) in [6.07, 6.45) is 0. The number of halogens is 1. The van der Waals surface area contributed by atoms with Crippen molar-refractivity contribution in [2.24, 2.45) is 0 Å². The van der Waals surface area contributed by atoms with Crippen molar-refractivity contribution in [3.63, 3.8) is 0 Å². The third kappa shape index (κ3) is 2.28. The number of carbonyl (C=O) groups excluding carboxylic acids is 1. The van der Waals surface area contributed by atoms with Gasteiger partial charge < -0.3 is 15.2 Å². The van der Waals surface area contributed by atoms with Gasteiger partial charge in [-0.05, 0) is 23.6 Å². The van der Waals surface area contributed by atoms with Gasteiger partial charge in [0.15, 0.2) is 5.82 Å². The van der Waals surface area contributed by atoms with Crippen LogP contribution in [0.4, 0.5) is 10.1 Å². The summed E-state index contributed by atoms with van der Waals surface area (Å²) in [5, 5.41) is 13.5. The molecule has 18 heavy (non-hydrogen) atoms. The van der Waals surface area contributed by atoms with Gasteiger partial charge in [-0.25, -0.2) is 4.39 Å². The van der Waals surface area contributed by atoms with E-state index in [0.29, 0.717) is 10.6 Å². The highest BCUT2D eigenvalue weighted by atomic mass is 32.1. The molecule has 2 N–H and O–H groups in total. The SMILES string of the molecule is COc1ccsc1C(=O)Nc1c(O)cccc1F. The van der Waals surface area contributed by atoms with Crippen molar-refractivity contribution in [1.29, 1.82) is 0 Å². The number of methoxy groups -OCH3 is 1. The predicted molar refractivity (Wildman–Crippen MR) is 66.9 cm³/mol. The van der Waals surface area contributed by atoms with E-state index in [1.165, 1.54) is 30.6 Å². The molecular formula is C12H10FNO3S. The van der Waals surface area contributed by atoms with Gasteiger partial charge in [-0.3, -0.25) is 4.79 Å². The first kappa shape index (κ1) is 12.4. The minimum absolute atomic E-state index is 0.238. The van der Waals surface area contributed by atoms with Crippen LogP contribution in [0.1, 0.15) is 9.67 Å². The number of rotatable bonds is 3. The second-order valence-electron chi connectivity index (χ2n) is 3.41. The van der Waals surface area contributed by atoms with E-state index in [4.69, 9.17) is 4.74 Å². The maximum absolute atomic E-state index is 13.4. The third-order valence-electron chi connectivity index (χ3n) is 2.29. The fourth-order valence-electron chi connectivity index (χ4n) is 1.43. The van der Waals surface area contributed by atoms with Crippen LogP contribution >= 0.6 is 11.3 Å². The van der Waals surface area contributed by atoms with Crippen LogP contribution < -0.4 is 10.1 Å². The summed E-state index contributed by atoms with van der Waals surface area (Å²) in [7, 11) is 1.44. The second-order valence-corrected chi connectivity index (χ2v) is 4.32. The number of hydrogen-bond acceptors (Lipinski definition) is 4. The molecule has 0 saturated carbocycles. The Labute approximate surface area is 107 Å². The van der Waals surface area contributed by atoms with E-state index in [-0.39, 0.29) is 11.4 Å². The molecule has 0 spiro atoms. The van der Waals surface area contributed by atoms with Crippen LogP contribution in [-0.2, 0) is 0 Å². The number of phenols is 1. The van der Waals surface area contributed by atoms with E-state index >= 15 is 0 Å². The molecule has 0 fully saturated rings. The molecule has 0 atom stereocenters. The number of nitrogens with one attached hydrogen (secondary N) is 1. The Morgan fingerprint density at radius 2 is 2.22 bits per heavy atom. The number of amides is 1. The summed E-state index contributed by atoms with van der Waals surface area (Å²) in [4.78, 5) is 12.2. The maximum atomic E-state index is 13.4. The molecule has 0 saturated heterocycles. The first-order valence-corrected chi connectivity index (χ1v) is 5.91. The Morgan fingerprint density at radius 3 is 2.89 bits per heavy atom. The number of benzene rings is 1. The minimum Gasteiger partial charge on any atom is -0.506 e. The zero-order chi connectivity index (χ0) is 13.1. The smallest absolute Gasteiger partial charge is 0.269 e. The first-order chi connectivity index (χ1) is 8.63.